The van der Waals surface area contributed by atoms with Crippen LogP contribution < -0.4 is 0 Å². The Morgan fingerprint density at radius 2 is 1.81 bits per heavy atom. The molecule has 0 bridgehead atoms. The van der Waals surface area contributed by atoms with Crippen molar-refractivity contribution in [2.75, 3.05) is 0 Å². The first-order valence-electron chi connectivity index (χ1n) is 8.04. The van der Waals surface area contributed by atoms with Gasteiger partial charge in [-0.1, -0.05) is 42.5 Å². The van der Waals surface area contributed by atoms with Crippen molar-refractivity contribution in [3.05, 3.63) is 72.4 Å². The largest absolute Gasteiger partial charge is 0.236 e. The Bertz CT molecular complexity index is 1260. The molecule has 3 heterocycles. The molecule has 0 fully saturated rings. The van der Waals surface area contributed by atoms with Gasteiger partial charge in [0.15, 0.2) is 5.65 Å². The third kappa shape index (κ3) is 2.26. The summed E-state index contributed by atoms with van der Waals surface area (Å²) in [5.41, 5.74) is 4.57. The maximum Gasteiger partial charge on any atom is 0.156 e. The second-order valence-electron chi connectivity index (χ2n) is 5.78. The van der Waals surface area contributed by atoms with Gasteiger partial charge in [-0.25, -0.2) is 14.5 Å². The molecule has 5 aromatic rings. The molecule has 5 nitrogen and oxygen atoms in total. The third-order valence-corrected chi connectivity index (χ3v) is 5.21. The van der Waals surface area contributed by atoms with E-state index in [9.17, 15) is 5.26 Å². The predicted octanol–water partition coefficient (Wildman–Crippen LogP) is 4.54. The fraction of sp³-hybridized carbons (Fsp3) is 0. The second-order valence-corrected chi connectivity index (χ2v) is 6.82. The highest BCUT2D eigenvalue weighted by atomic mass is 32.1. The minimum atomic E-state index is 0.458. The van der Waals surface area contributed by atoms with E-state index < -0.39 is 0 Å². The standard InChI is InChI=1S/C20H11N5S/c21-11-14-12-22-18-10-16(13-6-2-1-3-7-13)24-25(18)19(14)20-23-15-8-4-5-9-17(15)26-20/h1-10,12H. The number of nitrogens with zero attached hydrogens (tertiary/aromatic N) is 5. The van der Waals surface area contributed by atoms with Crippen LogP contribution in [0.2, 0.25) is 0 Å². The number of thiazole rings is 1. The molecule has 0 saturated heterocycles. The third-order valence-electron chi connectivity index (χ3n) is 4.17. The lowest BCUT2D eigenvalue weighted by Crippen LogP contribution is -1.99. The van der Waals surface area contributed by atoms with E-state index in [0.717, 1.165) is 26.5 Å². The number of nitriles is 1. The fourth-order valence-corrected chi connectivity index (χ4v) is 3.96. The molecular formula is C20H11N5S. The van der Waals surface area contributed by atoms with Crippen molar-refractivity contribution < 1.29 is 0 Å². The van der Waals surface area contributed by atoms with Gasteiger partial charge in [-0.3, -0.25) is 0 Å². The molecule has 5 rings (SSSR count). The lowest BCUT2D eigenvalue weighted by Gasteiger charge is -2.03. The van der Waals surface area contributed by atoms with Gasteiger partial charge in [0.05, 0.1) is 21.5 Å². The minimum absolute atomic E-state index is 0.458. The molecule has 0 radical (unpaired) electrons. The minimum Gasteiger partial charge on any atom is -0.236 e. The van der Waals surface area contributed by atoms with E-state index in [2.05, 4.69) is 11.1 Å². The van der Waals surface area contributed by atoms with Gasteiger partial charge in [0, 0.05) is 17.8 Å². The average molecular weight is 353 g/mol. The number of fused-ring (bicyclic) bond motifs is 2. The van der Waals surface area contributed by atoms with E-state index in [0.29, 0.717) is 16.9 Å². The number of hydrogen-bond donors (Lipinski definition) is 0. The highest BCUT2D eigenvalue weighted by molar-refractivity contribution is 7.21. The smallest absolute Gasteiger partial charge is 0.156 e. The first kappa shape index (κ1) is 14.8. The molecule has 0 aliphatic carbocycles. The van der Waals surface area contributed by atoms with Crippen molar-refractivity contribution in [2.24, 2.45) is 0 Å². The van der Waals surface area contributed by atoms with Crippen molar-refractivity contribution in [2.45, 2.75) is 0 Å². The fourth-order valence-electron chi connectivity index (χ4n) is 2.94. The van der Waals surface area contributed by atoms with Gasteiger partial charge in [-0.05, 0) is 12.1 Å². The molecule has 0 spiro atoms. The zero-order chi connectivity index (χ0) is 17.5. The molecular weight excluding hydrogens is 342 g/mol. The highest BCUT2D eigenvalue weighted by Gasteiger charge is 2.17. The van der Waals surface area contributed by atoms with Gasteiger partial charge in [0.2, 0.25) is 0 Å². The van der Waals surface area contributed by atoms with Crippen molar-refractivity contribution in [1.82, 2.24) is 19.6 Å². The van der Waals surface area contributed by atoms with Gasteiger partial charge in [0.25, 0.3) is 0 Å². The Morgan fingerprint density at radius 1 is 1.00 bits per heavy atom. The van der Waals surface area contributed by atoms with Crippen LogP contribution in [0.15, 0.2) is 66.9 Å². The maximum atomic E-state index is 9.58. The van der Waals surface area contributed by atoms with Crippen LogP contribution in [0.5, 0.6) is 0 Å². The van der Waals surface area contributed by atoms with Crippen LogP contribution in [0, 0.1) is 11.3 Å². The predicted molar refractivity (Wildman–Crippen MR) is 102 cm³/mol. The molecule has 0 amide bonds. The van der Waals surface area contributed by atoms with Crippen LogP contribution in [0.1, 0.15) is 5.56 Å². The summed E-state index contributed by atoms with van der Waals surface area (Å²) in [7, 11) is 0. The lowest BCUT2D eigenvalue weighted by molar-refractivity contribution is 0.946. The van der Waals surface area contributed by atoms with Crippen molar-refractivity contribution in [3.63, 3.8) is 0 Å². The molecule has 26 heavy (non-hydrogen) atoms. The summed E-state index contributed by atoms with van der Waals surface area (Å²) < 4.78 is 2.80. The molecule has 0 N–H and O–H groups in total. The summed E-state index contributed by atoms with van der Waals surface area (Å²) in [6.45, 7) is 0. The van der Waals surface area contributed by atoms with Crippen LogP contribution in [0.25, 0.3) is 37.8 Å². The van der Waals surface area contributed by atoms with E-state index in [-0.39, 0.29) is 0 Å². The molecule has 3 aromatic heterocycles. The number of rotatable bonds is 2. The first-order chi connectivity index (χ1) is 12.8. The number of benzene rings is 2. The topological polar surface area (TPSA) is 66.9 Å². The molecule has 2 aromatic carbocycles. The van der Waals surface area contributed by atoms with Gasteiger partial charge < -0.3 is 0 Å². The van der Waals surface area contributed by atoms with Crippen molar-refractivity contribution in [3.8, 4) is 28.0 Å². The molecule has 0 aliphatic rings. The normalized spacial score (nSPS) is 11.0. The van der Waals surface area contributed by atoms with Crippen LogP contribution in [-0.2, 0) is 0 Å². The van der Waals surface area contributed by atoms with Crippen molar-refractivity contribution >= 4 is 27.2 Å². The van der Waals surface area contributed by atoms with Gasteiger partial charge >= 0.3 is 0 Å². The molecule has 0 saturated carbocycles. The Hall–Kier alpha value is -3.56. The van der Waals surface area contributed by atoms with Gasteiger partial charge in [0.1, 0.15) is 16.8 Å². The van der Waals surface area contributed by atoms with Crippen LogP contribution in [-0.4, -0.2) is 19.6 Å². The Balaban J connectivity index is 1.80. The van der Waals surface area contributed by atoms with Gasteiger partial charge in [-0.15, -0.1) is 11.3 Å². The lowest BCUT2D eigenvalue weighted by atomic mass is 10.2. The Labute approximate surface area is 152 Å². The van der Waals surface area contributed by atoms with Crippen molar-refractivity contribution in [1.29, 1.82) is 5.26 Å². The average Bonchev–Trinajstić information content (AvgIpc) is 3.31. The van der Waals surface area contributed by atoms with E-state index in [4.69, 9.17) is 10.1 Å². The van der Waals surface area contributed by atoms with E-state index >= 15 is 0 Å². The molecule has 0 atom stereocenters. The van der Waals surface area contributed by atoms with E-state index in [1.165, 1.54) is 0 Å². The van der Waals surface area contributed by atoms with Crippen LogP contribution in [0.4, 0.5) is 0 Å². The number of aromatic nitrogens is 4. The quantitative estimate of drug-likeness (QED) is 0.467. The first-order valence-corrected chi connectivity index (χ1v) is 8.85. The van der Waals surface area contributed by atoms with Crippen LogP contribution >= 0.6 is 11.3 Å². The SMILES string of the molecule is N#Cc1cnc2cc(-c3ccccc3)nn2c1-c1nc2ccccc2s1. The molecule has 122 valence electrons. The summed E-state index contributed by atoms with van der Waals surface area (Å²) in [4.78, 5) is 9.10. The summed E-state index contributed by atoms with van der Waals surface area (Å²) in [5.74, 6) is 0. The molecule has 0 aliphatic heterocycles. The Kier molecular flexibility index (Phi) is 3.27. The van der Waals surface area contributed by atoms with Crippen LogP contribution in [0.3, 0.4) is 0 Å². The number of hydrogen-bond acceptors (Lipinski definition) is 5. The maximum absolute atomic E-state index is 9.58. The zero-order valence-electron chi connectivity index (χ0n) is 13.5. The summed E-state index contributed by atoms with van der Waals surface area (Å²) >= 11 is 1.55. The molecule has 0 unspecified atom stereocenters. The summed E-state index contributed by atoms with van der Waals surface area (Å²) in [6, 6.07) is 22.0. The van der Waals surface area contributed by atoms with E-state index in [1.807, 2.05) is 60.7 Å². The highest BCUT2D eigenvalue weighted by Crippen LogP contribution is 2.32. The monoisotopic (exact) mass is 353 g/mol. The summed E-state index contributed by atoms with van der Waals surface area (Å²) in [6.07, 6.45) is 1.59. The Morgan fingerprint density at radius 3 is 2.62 bits per heavy atom. The molecule has 6 heteroatoms. The summed E-state index contributed by atoms with van der Waals surface area (Å²) in [5, 5.41) is 15.1. The zero-order valence-corrected chi connectivity index (χ0v) is 14.3. The van der Waals surface area contributed by atoms with E-state index in [1.54, 1.807) is 22.0 Å². The number of para-hydroxylation sites is 1. The van der Waals surface area contributed by atoms with Gasteiger partial charge in [-0.2, -0.15) is 10.4 Å². The second kappa shape index (κ2) is 5.76.